The van der Waals surface area contributed by atoms with Gasteiger partial charge in [-0.25, -0.2) is 0 Å². The third-order valence-electron chi connectivity index (χ3n) is 5.08. The fourth-order valence-corrected chi connectivity index (χ4v) is 3.94. The van der Waals surface area contributed by atoms with Crippen molar-refractivity contribution in [2.75, 3.05) is 26.4 Å². The lowest BCUT2D eigenvalue weighted by atomic mass is 9.93. The van der Waals surface area contributed by atoms with E-state index in [0.29, 0.717) is 31.1 Å². The molecule has 0 amide bonds. The van der Waals surface area contributed by atoms with Gasteiger partial charge in [0.05, 0.1) is 31.5 Å². The topological polar surface area (TPSA) is 88.4 Å². The van der Waals surface area contributed by atoms with Crippen LogP contribution in [0.5, 0.6) is 5.75 Å². The number of hydrogen-bond acceptors (Lipinski definition) is 6. The van der Waals surface area contributed by atoms with Gasteiger partial charge in [-0.2, -0.15) is 0 Å². The van der Waals surface area contributed by atoms with Gasteiger partial charge in [-0.15, -0.1) is 0 Å². The molecule has 2 aromatic rings. The van der Waals surface area contributed by atoms with Crippen LogP contribution in [0.15, 0.2) is 42.5 Å². The Labute approximate surface area is 195 Å². The van der Waals surface area contributed by atoms with Gasteiger partial charge in [0.15, 0.2) is 0 Å². The van der Waals surface area contributed by atoms with Crippen molar-refractivity contribution in [1.29, 1.82) is 0 Å². The van der Waals surface area contributed by atoms with Crippen LogP contribution in [0.25, 0.3) is 0 Å². The molecule has 178 valence electrons. The highest BCUT2D eigenvalue weighted by Gasteiger charge is 2.30. The van der Waals surface area contributed by atoms with Crippen LogP contribution in [0.3, 0.4) is 0 Å². The number of hydrogen-bond donors (Lipinski definition) is 3. The maximum atomic E-state index is 10.2. The average molecular weight is 467 g/mol. The highest BCUT2D eigenvalue weighted by molar-refractivity contribution is 6.31. The van der Waals surface area contributed by atoms with Crippen molar-refractivity contribution in [1.82, 2.24) is 0 Å². The molecule has 1 aliphatic heterocycles. The van der Waals surface area contributed by atoms with E-state index in [1.807, 2.05) is 56.3 Å². The average Bonchev–Trinajstić information content (AvgIpc) is 2.79. The quantitative estimate of drug-likeness (QED) is 0.533. The highest BCUT2D eigenvalue weighted by atomic mass is 35.5. The number of ether oxygens (including phenoxy) is 3. The second-order valence-electron chi connectivity index (χ2n) is 7.49. The maximum Gasteiger partial charge on any atom is 0.119 e. The van der Waals surface area contributed by atoms with Crippen molar-refractivity contribution in [2.24, 2.45) is 0 Å². The molecule has 2 aromatic carbocycles. The Morgan fingerprint density at radius 3 is 2.31 bits per heavy atom. The van der Waals surface area contributed by atoms with Crippen molar-refractivity contribution in [3.63, 3.8) is 0 Å². The Bertz CT molecular complexity index is 798. The number of rotatable bonds is 8. The molecule has 0 spiro atoms. The van der Waals surface area contributed by atoms with Crippen molar-refractivity contribution in [3.8, 4) is 5.75 Å². The van der Waals surface area contributed by atoms with Gasteiger partial charge in [0, 0.05) is 36.6 Å². The zero-order chi connectivity index (χ0) is 23.5. The third kappa shape index (κ3) is 7.44. The number of halogens is 1. The van der Waals surface area contributed by atoms with Gasteiger partial charge in [-0.05, 0) is 56.2 Å². The van der Waals surface area contributed by atoms with E-state index in [9.17, 15) is 10.2 Å². The van der Waals surface area contributed by atoms with Crippen molar-refractivity contribution in [2.45, 2.75) is 58.0 Å². The van der Waals surface area contributed by atoms with E-state index in [1.165, 1.54) is 0 Å². The molecule has 1 aliphatic rings. The van der Waals surface area contributed by atoms with Crippen molar-refractivity contribution in [3.05, 3.63) is 64.2 Å². The standard InChI is InChI=1S/C23H29ClO5.C2H6O/c1-3-27-18-8-5-15(6-9-18)23(28-4-2)20-11-16(7-10-21(20)24)22-13-17(26)12-19(14-25)29-22;1-2-3/h5-11,17,19,22-23,25-26H,3-4,12-14H2,1-2H3;3H,2H2,1H3. The Morgan fingerprint density at radius 2 is 1.72 bits per heavy atom. The first-order valence-electron chi connectivity index (χ1n) is 11.2. The van der Waals surface area contributed by atoms with Crippen LogP contribution >= 0.6 is 11.6 Å². The minimum atomic E-state index is -0.501. The molecule has 1 saturated heterocycles. The monoisotopic (exact) mass is 466 g/mol. The van der Waals surface area contributed by atoms with Gasteiger partial charge in [0.2, 0.25) is 0 Å². The molecule has 1 fully saturated rings. The molecule has 7 heteroatoms. The van der Waals surface area contributed by atoms with E-state index in [0.717, 1.165) is 22.4 Å². The van der Waals surface area contributed by atoms with E-state index in [2.05, 4.69) is 0 Å². The zero-order valence-corrected chi connectivity index (χ0v) is 19.8. The third-order valence-corrected chi connectivity index (χ3v) is 5.43. The van der Waals surface area contributed by atoms with Gasteiger partial charge in [-0.3, -0.25) is 0 Å². The van der Waals surface area contributed by atoms with Crippen LogP contribution < -0.4 is 4.74 Å². The summed E-state index contributed by atoms with van der Waals surface area (Å²) >= 11 is 6.55. The van der Waals surface area contributed by atoms with E-state index < -0.39 is 6.10 Å². The Hall–Kier alpha value is -1.67. The summed E-state index contributed by atoms with van der Waals surface area (Å²) in [7, 11) is 0. The summed E-state index contributed by atoms with van der Waals surface area (Å²) in [6.07, 6.45) is -0.559. The molecule has 4 unspecified atom stereocenters. The molecule has 0 aliphatic carbocycles. The SMILES string of the molecule is CCO.CCOc1ccc(C(OCC)c2cc(C3CC(O)CC(CO)O3)ccc2Cl)cc1. The summed E-state index contributed by atoms with van der Waals surface area (Å²) in [4.78, 5) is 0. The summed E-state index contributed by atoms with van der Waals surface area (Å²) in [6, 6.07) is 13.5. The van der Waals surface area contributed by atoms with Crippen molar-refractivity contribution >= 4 is 11.6 Å². The smallest absolute Gasteiger partial charge is 0.119 e. The van der Waals surface area contributed by atoms with Crippen LogP contribution in [0.1, 0.15) is 62.5 Å². The van der Waals surface area contributed by atoms with Crippen LogP contribution in [-0.2, 0) is 9.47 Å². The van der Waals surface area contributed by atoms with E-state index in [4.69, 9.17) is 30.9 Å². The molecule has 0 bridgehead atoms. The molecular formula is C25H35ClO6. The molecule has 1 heterocycles. The van der Waals surface area contributed by atoms with Crippen LogP contribution in [0.2, 0.25) is 5.02 Å². The highest BCUT2D eigenvalue weighted by Crippen LogP contribution is 2.37. The molecule has 3 rings (SSSR count). The number of aliphatic hydroxyl groups excluding tert-OH is 3. The zero-order valence-electron chi connectivity index (χ0n) is 19.0. The van der Waals surface area contributed by atoms with Crippen LogP contribution in [-0.4, -0.2) is 54.0 Å². The molecule has 0 saturated carbocycles. The summed E-state index contributed by atoms with van der Waals surface area (Å²) in [5, 5.41) is 27.8. The molecule has 0 aromatic heterocycles. The molecule has 4 atom stereocenters. The number of benzene rings is 2. The lowest BCUT2D eigenvalue weighted by Crippen LogP contribution is -2.33. The van der Waals surface area contributed by atoms with E-state index in [-0.39, 0.29) is 31.5 Å². The Morgan fingerprint density at radius 1 is 1.03 bits per heavy atom. The van der Waals surface area contributed by atoms with Gasteiger partial charge < -0.3 is 29.5 Å². The lowest BCUT2D eigenvalue weighted by Gasteiger charge is -2.33. The van der Waals surface area contributed by atoms with Gasteiger partial charge in [0.25, 0.3) is 0 Å². The van der Waals surface area contributed by atoms with Crippen molar-refractivity contribution < 1.29 is 29.5 Å². The Balaban J connectivity index is 0.00000114. The van der Waals surface area contributed by atoms with Gasteiger partial charge >= 0.3 is 0 Å². The van der Waals surface area contributed by atoms with Crippen LogP contribution in [0.4, 0.5) is 0 Å². The molecule has 6 nitrogen and oxygen atoms in total. The first kappa shape index (κ1) is 26.6. The summed E-state index contributed by atoms with van der Waals surface area (Å²) in [6.45, 7) is 6.87. The molecule has 3 N–H and O–H groups in total. The predicted octanol–water partition coefficient (Wildman–Crippen LogP) is 4.44. The first-order valence-corrected chi connectivity index (χ1v) is 11.5. The van der Waals surface area contributed by atoms with E-state index in [1.54, 1.807) is 6.92 Å². The second-order valence-corrected chi connectivity index (χ2v) is 7.90. The second kappa shape index (κ2) is 13.8. The minimum Gasteiger partial charge on any atom is -0.494 e. The molecular weight excluding hydrogens is 432 g/mol. The summed E-state index contributed by atoms with van der Waals surface area (Å²) in [5.74, 6) is 0.811. The van der Waals surface area contributed by atoms with Gasteiger partial charge in [0.1, 0.15) is 11.9 Å². The largest absolute Gasteiger partial charge is 0.494 e. The summed E-state index contributed by atoms with van der Waals surface area (Å²) in [5.41, 5.74) is 2.74. The Kier molecular flexibility index (Phi) is 11.4. The maximum absolute atomic E-state index is 10.2. The summed E-state index contributed by atoms with van der Waals surface area (Å²) < 4.78 is 17.5. The normalized spacial score (nSPS) is 21.4. The first-order chi connectivity index (χ1) is 15.5. The number of aliphatic hydroxyl groups is 3. The minimum absolute atomic E-state index is 0.109. The van der Waals surface area contributed by atoms with E-state index >= 15 is 0 Å². The molecule has 32 heavy (non-hydrogen) atoms. The lowest BCUT2D eigenvalue weighted by molar-refractivity contribution is -0.113. The molecule has 0 radical (unpaired) electrons. The fraction of sp³-hybridized carbons (Fsp3) is 0.520. The predicted molar refractivity (Wildman–Crippen MR) is 125 cm³/mol. The van der Waals surface area contributed by atoms with Crippen LogP contribution in [0, 0.1) is 0 Å². The fourth-order valence-electron chi connectivity index (χ4n) is 3.72. The van der Waals surface area contributed by atoms with Gasteiger partial charge in [-0.1, -0.05) is 29.8 Å².